The maximum absolute atomic E-state index is 13.9. The van der Waals surface area contributed by atoms with Crippen LogP contribution in [0.4, 0.5) is 19.3 Å². The van der Waals surface area contributed by atoms with E-state index in [2.05, 4.69) is 5.32 Å². The molecule has 1 N–H and O–H groups in total. The van der Waals surface area contributed by atoms with E-state index in [0.717, 1.165) is 18.6 Å². The number of thioether (sulfide) groups is 1. The zero-order valence-electron chi connectivity index (χ0n) is 18.2. The van der Waals surface area contributed by atoms with Crippen LogP contribution in [-0.4, -0.2) is 42.3 Å². The van der Waals surface area contributed by atoms with Crippen LogP contribution in [0.1, 0.15) is 31.4 Å². The Hall–Kier alpha value is -2.81. The predicted octanol–water partition coefficient (Wildman–Crippen LogP) is 4.23. The molecule has 1 fully saturated rings. The molecule has 0 radical (unpaired) electrons. The average molecular weight is 462 g/mol. The first-order valence-electron chi connectivity index (χ1n) is 10.5. The fourth-order valence-corrected chi connectivity index (χ4v) is 5.54. The van der Waals surface area contributed by atoms with Gasteiger partial charge in [-0.05, 0) is 49.2 Å². The number of nitrogens with zero attached hydrogens (tertiary/aromatic N) is 2. The lowest BCUT2D eigenvalue weighted by atomic mass is 10.1. The summed E-state index contributed by atoms with van der Waals surface area (Å²) in [4.78, 5) is 28.9. The summed E-state index contributed by atoms with van der Waals surface area (Å²) in [7, 11) is 1.54. The Balaban J connectivity index is 1.77. The molecule has 0 aliphatic carbocycles. The highest BCUT2D eigenvalue weighted by Gasteiger charge is 2.59. The van der Waals surface area contributed by atoms with Gasteiger partial charge < -0.3 is 15.0 Å². The van der Waals surface area contributed by atoms with Gasteiger partial charge in [0.25, 0.3) is 5.91 Å². The molecule has 9 heteroatoms. The number of urea groups is 1. The Morgan fingerprint density at radius 3 is 2.72 bits per heavy atom. The van der Waals surface area contributed by atoms with Crippen LogP contribution in [0.25, 0.3) is 0 Å². The zero-order chi connectivity index (χ0) is 23.0. The van der Waals surface area contributed by atoms with E-state index >= 15 is 0 Å². The molecule has 3 amide bonds. The maximum atomic E-state index is 13.9. The molecule has 2 aromatic rings. The number of carbonyl (C=O) groups excluding carboxylic acids is 2. The smallest absolute Gasteiger partial charge is 0.319 e. The Morgan fingerprint density at radius 1 is 1.25 bits per heavy atom. The largest absolute Gasteiger partial charge is 0.497 e. The first kappa shape index (κ1) is 22.4. The highest BCUT2D eigenvalue weighted by Crippen LogP contribution is 2.55. The lowest BCUT2D eigenvalue weighted by Gasteiger charge is -2.34. The van der Waals surface area contributed by atoms with Crippen molar-refractivity contribution in [1.82, 2.24) is 10.2 Å². The lowest BCUT2D eigenvalue weighted by molar-refractivity contribution is -0.123. The number of hydrogen-bond donors (Lipinski definition) is 1. The number of ether oxygens (including phenoxy) is 1. The van der Waals surface area contributed by atoms with Crippen molar-refractivity contribution in [2.75, 3.05) is 24.3 Å². The van der Waals surface area contributed by atoms with E-state index in [-0.39, 0.29) is 24.5 Å². The van der Waals surface area contributed by atoms with Crippen molar-refractivity contribution in [3.05, 3.63) is 59.2 Å². The van der Waals surface area contributed by atoms with Crippen molar-refractivity contribution < 1.29 is 23.1 Å². The van der Waals surface area contributed by atoms with E-state index < -0.39 is 16.5 Å². The molecule has 0 bridgehead atoms. The van der Waals surface area contributed by atoms with Crippen molar-refractivity contribution in [1.29, 1.82) is 0 Å². The van der Waals surface area contributed by atoms with E-state index in [1.165, 1.54) is 22.7 Å². The third-order valence-corrected chi connectivity index (χ3v) is 7.37. The third kappa shape index (κ3) is 3.58. The van der Waals surface area contributed by atoms with Gasteiger partial charge in [0, 0.05) is 23.9 Å². The summed E-state index contributed by atoms with van der Waals surface area (Å²) >= 11 is 1.40. The van der Waals surface area contributed by atoms with E-state index in [0.29, 0.717) is 34.9 Å². The standard InChI is InChI=1S/C23H25F2N3O3S/c1-4-14(2)26-22(30)28-9-10-32-23(28)17-12-16(31-3)6-8-20(17)27(21(23)29)13-15-5-7-18(24)19(25)11-15/h5-8,11-12,14H,4,9-10,13H2,1-3H3,(H,26,30). The molecular formula is C23H25F2N3O3S. The van der Waals surface area contributed by atoms with Gasteiger partial charge in [0.1, 0.15) is 5.75 Å². The van der Waals surface area contributed by atoms with Gasteiger partial charge in [-0.15, -0.1) is 11.8 Å². The van der Waals surface area contributed by atoms with Crippen LogP contribution < -0.4 is 15.0 Å². The number of amides is 3. The van der Waals surface area contributed by atoms with Crippen molar-refractivity contribution in [3.8, 4) is 5.75 Å². The molecule has 2 aliphatic heterocycles. The van der Waals surface area contributed by atoms with Gasteiger partial charge in [-0.3, -0.25) is 9.69 Å². The quantitative estimate of drug-likeness (QED) is 0.724. The molecule has 2 aliphatic rings. The summed E-state index contributed by atoms with van der Waals surface area (Å²) in [5.74, 6) is -1.03. The van der Waals surface area contributed by atoms with Crippen LogP contribution in [0.15, 0.2) is 36.4 Å². The molecular weight excluding hydrogens is 436 g/mol. The van der Waals surface area contributed by atoms with Crippen molar-refractivity contribution >= 4 is 29.4 Å². The average Bonchev–Trinajstić information content (AvgIpc) is 3.33. The molecule has 6 nitrogen and oxygen atoms in total. The molecule has 2 unspecified atom stereocenters. The molecule has 2 heterocycles. The number of anilines is 1. The van der Waals surface area contributed by atoms with Gasteiger partial charge in [-0.1, -0.05) is 13.0 Å². The van der Waals surface area contributed by atoms with Gasteiger partial charge >= 0.3 is 6.03 Å². The molecule has 0 aromatic heterocycles. The third-order valence-electron chi connectivity index (χ3n) is 5.95. The second-order valence-corrected chi connectivity index (χ2v) is 9.21. The van der Waals surface area contributed by atoms with E-state index in [1.54, 1.807) is 30.2 Å². The van der Waals surface area contributed by atoms with Gasteiger partial charge in [-0.25, -0.2) is 13.6 Å². The number of methoxy groups -OCH3 is 1. The summed E-state index contributed by atoms with van der Waals surface area (Å²) in [5.41, 5.74) is 1.73. The highest BCUT2D eigenvalue weighted by atomic mass is 32.2. The molecule has 32 heavy (non-hydrogen) atoms. The fourth-order valence-electron chi connectivity index (χ4n) is 4.09. The number of fused-ring (bicyclic) bond motifs is 2. The van der Waals surface area contributed by atoms with Gasteiger partial charge in [0.15, 0.2) is 16.5 Å². The second-order valence-electron chi connectivity index (χ2n) is 7.93. The maximum Gasteiger partial charge on any atom is 0.319 e. The number of hydrogen-bond acceptors (Lipinski definition) is 4. The van der Waals surface area contributed by atoms with Crippen LogP contribution in [-0.2, 0) is 16.2 Å². The van der Waals surface area contributed by atoms with E-state index in [1.807, 2.05) is 13.8 Å². The Labute approximate surface area is 189 Å². The summed E-state index contributed by atoms with van der Waals surface area (Å²) in [5, 5.41) is 2.96. The number of nitrogens with one attached hydrogen (secondary N) is 1. The highest BCUT2D eigenvalue weighted by molar-refractivity contribution is 8.01. The summed E-state index contributed by atoms with van der Waals surface area (Å²) in [6, 6.07) is 8.54. The van der Waals surface area contributed by atoms with Crippen molar-refractivity contribution in [2.45, 2.75) is 37.7 Å². The Morgan fingerprint density at radius 2 is 2.03 bits per heavy atom. The molecule has 2 atom stereocenters. The van der Waals surface area contributed by atoms with Crippen LogP contribution in [0.3, 0.4) is 0 Å². The number of benzene rings is 2. The van der Waals surface area contributed by atoms with Crippen molar-refractivity contribution in [2.24, 2.45) is 0 Å². The molecule has 170 valence electrons. The number of halogens is 2. The normalized spacial score (nSPS) is 20.6. The Kier molecular flexibility index (Phi) is 6.03. The first-order chi connectivity index (χ1) is 15.3. The second kappa shape index (κ2) is 8.61. The van der Waals surface area contributed by atoms with E-state index in [4.69, 9.17) is 4.74 Å². The van der Waals surface area contributed by atoms with Gasteiger partial charge in [-0.2, -0.15) is 0 Å². The molecule has 2 aromatic carbocycles. The van der Waals surface area contributed by atoms with E-state index in [9.17, 15) is 18.4 Å². The predicted molar refractivity (Wildman–Crippen MR) is 120 cm³/mol. The van der Waals surface area contributed by atoms with Gasteiger partial charge in [0.2, 0.25) is 0 Å². The summed E-state index contributed by atoms with van der Waals surface area (Å²) in [6.45, 7) is 4.35. The summed E-state index contributed by atoms with van der Waals surface area (Å²) in [6.07, 6.45) is 0.764. The lowest BCUT2D eigenvalue weighted by Crippen LogP contribution is -2.54. The fraction of sp³-hybridized carbons (Fsp3) is 0.391. The minimum absolute atomic E-state index is 0.0373. The minimum atomic E-state index is -1.24. The SMILES string of the molecule is CCC(C)NC(=O)N1CCSC12C(=O)N(Cc1ccc(F)c(F)c1)c1ccc(OC)cc12. The molecule has 4 rings (SSSR count). The van der Waals surface area contributed by atoms with Crippen molar-refractivity contribution in [3.63, 3.8) is 0 Å². The first-order valence-corrected chi connectivity index (χ1v) is 11.5. The number of rotatable bonds is 5. The van der Waals surface area contributed by atoms with Crippen LogP contribution >= 0.6 is 11.8 Å². The molecule has 1 spiro atoms. The van der Waals surface area contributed by atoms with Crippen LogP contribution in [0.5, 0.6) is 5.75 Å². The van der Waals surface area contributed by atoms with Crippen LogP contribution in [0.2, 0.25) is 0 Å². The topological polar surface area (TPSA) is 61.9 Å². The molecule has 1 saturated heterocycles. The Bertz CT molecular complexity index is 1070. The monoisotopic (exact) mass is 461 g/mol. The van der Waals surface area contributed by atoms with Crippen LogP contribution in [0, 0.1) is 11.6 Å². The number of carbonyl (C=O) groups is 2. The zero-order valence-corrected chi connectivity index (χ0v) is 19.0. The molecule has 0 saturated carbocycles. The minimum Gasteiger partial charge on any atom is -0.497 e. The van der Waals surface area contributed by atoms with Gasteiger partial charge in [0.05, 0.1) is 19.3 Å². The summed E-state index contributed by atoms with van der Waals surface area (Å²) < 4.78 is 32.6.